The second kappa shape index (κ2) is 6.00. The molecule has 2 saturated carbocycles. The number of hydrogen-bond donors (Lipinski definition) is 1. The third-order valence-electron chi connectivity index (χ3n) is 5.08. The first-order chi connectivity index (χ1) is 10.3. The summed E-state index contributed by atoms with van der Waals surface area (Å²) in [4.78, 5) is 16.8. The third-order valence-corrected chi connectivity index (χ3v) is 5.08. The molecular weight excluding hydrogens is 278 g/mol. The number of amides is 1. The van der Waals surface area contributed by atoms with Crippen molar-refractivity contribution in [1.82, 2.24) is 9.80 Å². The van der Waals surface area contributed by atoms with Gasteiger partial charge in [0, 0.05) is 37.3 Å². The molecule has 2 aliphatic carbocycles. The number of carbonyl (C=O) groups is 1. The number of hydrogen-bond acceptors (Lipinski definition) is 4. The number of ether oxygens (including phenoxy) is 1. The van der Waals surface area contributed by atoms with Crippen LogP contribution < -0.4 is 5.73 Å². The molecule has 1 aliphatic heterocycles. The Morgan fingerprint density at radius 1 is 1.05 bits per heavy atom. The van der Waals surface area contributed by atoms with Gasteiger partial charge in [0.15, 0.2) is 0 Å². The predicted molar refractivity (Wildman–Crippen MR) is 86.7 cm³/mol. The molecule has 5 heteroatoms. The minimum Gasteiger partial charge on any atom is -0.444 e. The zero-order valence-corrected chi connectivity index (χ0v) is 14.3. The monoisotopic (exact) mass is 309 g/mol. The van der Waals surface area contributed by atoms with E-state index in [1.807, 2.05) is 25.7 Å². The summed E-state index contributed by atoms with van der Waals surface area (Å²) in [5, 5.41) is 0. The molecule has 22 heavy (non-hydrogen) atoms. The van der Waals surface area contributed by atoms with Crippen LogP contribution in [0.4, 0.5) is 4.79 Å². The summed E-state index contributed by atoms with van der Waals surface area (Å²) in [5.41, 5.74) is 5.57. The summed E-state index contributed by atoms with van der Waals surface area (Å²) in [7, 11) is 0. The smallest absolute Gasteiger partial charge is 0.410 e. The highest BCUT2D eigenvalue weighted by Gasteiger charge is 2.43. The molecule has 0 radical (unpaired) electrons. The van der Waals surface area contributed by atoms with E-state index in [0.717, 1.165) is 44.8 Å². The van der Waals surface area contributed by atoms with Crippen molar-refractivity contribution in [3.63, 3.8) is 0 Å². The fourth-order valence-electron chi connectivity index (χ4n) is 3.81. The molecule has 0 bridgehead atoms. The quantitative estimate of drug-likeness (QED) is 0.869. The van der Waals surface area contributed by atoms with Crippen molar-refractivity contribution in [3.05, 3.63) is 0 Å². The van der Waals surface area contributed by atoms with Crippen LogP contribution >= 0.6 is 0 Å². The zero-order valence-electron chi connectivity index (χ0n) is 14.3. The van der Waals surface area contributed by atoms with Gasteiger partial charge in [-0.3, -0.25) is 4.90 Å². The summed E-state index contributed by atoms with van der Waals surface area (Å²) in [6.45, 7) is 7.41. The molecule has 126 valence electrons. The minimum absolute atomic E-state index is 0.158. The van der Waals surface area contributed by atoms with E-state index in [4.69, 9.17) is 10.5 Å². The lowest BCUT2D eigenvalue weighted by molar-refractivity contribution is 0.000674. The van der Waals surface area contributed by atoms with Gasteiger partial charge in [0.25, 0.3) is 0 Å². The number of likely N-dealkylation sites (tertiary alicyclic amines) is 1. The minimum atomic E-state index is -0.407. The Labute approximate surface area is 134 Å². The largest absolute Gasteiger partial charge is 0.444 e. The van der Waals surface area contributed by atoms with Gasteiger partial charge in [0.2, 0.25) is 0 Å². The summed E-state index contributed by atoms with van der Waals surface area (Å²) < 4.78 is 5.48. The molecule has 2 N–H and O–H groups in total. The number of carbonyl (C=O) groups excluding carboxylic acids is 1. The van der Waals surface area contributed by atoms with Gasteiger partial charge in [-0.1, -0.05) is 0 Å². The molecule has 0 aromatic carbocycles. The lowest BCUT2D eigenvalue weighted by Gasteiger charge is -2.48. The number of nitrogens with two attached hydrogens (primary N) is 1. The molecule has 3 rings (SSSR count). The fraction of sp³-hybridized carbons (Fsp3) is 0.941. The molecule has 3 aliphatic rings. The molecule has 3 fully saturated rings. The first kappa shape index (κ1) is 16.1. The van der Waals surface area contributed by atoms with Gasteiger partial charge < -0.3 is 15.4 Å². The Kier molecular flexibility index (Phi) is 4.38. The van der Waals surface area contributed by atoms with Crippen LogP contribution in [0.3, 0.4) is 0 Å². The third kappa shape index (κ3) is 3.74. The molecule has 0 unspecified atom stereocenters. The lowest BCUT2D eigenvalue weighted by atomic mass is 9.84. The van der Waals surface area contributed by atoms with Gasteiger partial charge in [0.05, 0.1) is 0 Å². The van der Waals surface area contributed by atoms with Crippen LogP contribution in [0.2, 0.25) is 0 Å². The van der Waals surface area contributed by atoms with E-state index in [-0.39, 0.29) is 6.09 Å². The fourth-order valence-corrected chi connectivity index (χ4v) is 3.81. The summed E-state index contributed by atoms with van der Waals surface area (Å²) in [5.74, 6) is 0. The average Bonchev–Trinajstić information content (AvgIpc) is 3.20. The SMILES string of the molecule is CC(C)(C)OC(=O)N1CCC(N(C2CC2)C2CC(N)C2)CC1. The lowest BCUT2D eigenvalue weighted by Crippen LogP contribution is -2.57. The Hall–Kier alpha value is -0.810. The van der Waals surface area contributed by atoms with Crippen molar-refractivity contribution in [2.45, 2.75) is 89.1 Å². The van der Waals surface area contributed by atoms with Crippen molar-refractivity contribution >= 4 is 6.09 Å². The van der Waals surface area contributed by atoms with E-state index in [0.29, 0.717) is 18.1 Å². The van der Waals surface area contributed by atoms with E-state index in [2.05, 4.69) is 4.90 Å². The molecule has 0 atom stereocenters. The molecule has 0 aromatic rings. The second-order valence-corrected chi connectivity index (χ2v) is 8.26. The van der Waals surface area contributed by atoms with Gasteiger partial charge >= 0.3 is 6.09 Å². The maximum atomic E-state index is 12.2. The average molecular weight is 309 g/mol. The van der Waals surface area contributed by atoms with E-state index < -0.39 is 5.60 Å². The Balaban J connectivity index is 1.51. The van der Waals surface area contributed by atoms with Gasteiger partial charge in [-0.25, -0.2) is 4.79 Å². The van der Waals surface area contributed by atoms with E-state index in [1.165, 1.54) is 12.8 Å². The highest BCUT2D eigenvalue weighted by Crippen LogP contribution is 2.39. The Morgan fingerprint density at radius 3 is 2.05 bits per heavy atom. The molecular formula is C17H31N3O2. The van der Waals surface area contributed by atoms with Crippen LogP contribution in [0.1, 0.15) is 59.3 Å². The van der Waals surface area contributed by atoms with Crippen molar-refractivity contribution in [2.24, 2.45) is 5.73 Å². The number of rotatable bonds is 3. The van der Waals surface area contributed by atoms with Crippen molar-refractivity contribution in [2.75, 3.05) is 13.1 Å². The van der Waals surface area contributed by atoms with Crippen molar-refractivity contribution < 1.29 is 9.53 Å². The second-order valence-electron chi connectivity index (χ2n) is 8.26. The first-order valence-electron chi connectivity index (χ1n) is 8.84. The molecule has 5 nitrogen and oxygen atoms in total. The zero-order chi connectivity index (χ0) is 15.9. The number of piperidine rings is 1. The summed E-state index contributed by atoms with van der Waals surface area (Å²) in [6.07, 6.45) is 6.99. The van der Waals surface area contributed by atoms with Gasteiger partial charge in [-0.05, 0) is 59.3 Å². The van der Waals surface area contributed by atoms with Crippen LogP contribution in [0.15, 0.2) is 0 Å². The summed E-state index contributed by atoms with van der Waals surface area (Å²) >= 11 is 0. The Morgan fingerprint density at radius 2 is 1.59 bits per heavy atom. The molecule has 0 spiro atoms. The van der Waals surface area contributed by atoms with Crippen LogP contribution in [-0.4, -0.2) is 58.8 Å². The normalized spacial score (nSPS) is 30.3. The maximum absolute atomic E-state index is 12.2. The maximum Gasteiger partial charge on any atom is 0.410 e. The van der Waals surface area contributed by atoms with Crippen LogP contribution in [0, 0.1) is 0 Å². The van der Waals surface area contributed by atoms with Gasteiger partial charge in [-0.2, -0.15) is 0 Å². The topological polar surface area (TPSA) is 58.8 Å². The molecule has 1 amide bonds. The first-order valence-corrected chi connectivity index (χ1v) is 8.84. The van der Waals surface area contributed by atoms with Crippen LogP contribution in [0.25, 0.3) is 0 Å². The Bertz CT molecular complexity index is 403. The number of nitrogens with zero attached hydrogens (tertiary/aromatic N) is 2. The van der Waals surface area contributed by atoms with Crippen LogP contribution in [-0.2, 0) is 4.74 Å². The van der Waals surface area contributed by atoms with E-state index in [9.17, 15) is 4.79 Å². The molecule has 0 aromatic heterocycles. The van der Waals surface area contributed by atoms with Gasteiger partial charge in [0.1, 0.15) is 5.60 Å². The summed E-state index contributed by atoms with van der Waals surface area (Å²) in [6, 6.07) is 2.52. The van der Waals surface area contributed by atoms with E-state index >= 15 is 0 Å². The van der Waals surface area contributed by atoms with Crippen LogP contribution in [0.5, 0.6) is 0 Å². The molecule has 1 heterocycles. The highest BCUT2D eigenvalue weighted by atomic mass is 16.6. The molecule has 1 saturated heterocycles. The van der Waals surface area contributed by atoms with Gasteiger partial charge in [-0.15, -0.1) is 0 Å². The van der Waals surface area contributed by atoms with Crippen molar-refractivity contribution in [3.8, 4) is 0 Å². The van der Waals surface area contributed by atoms with E-state index in [1.54, 1.807) is 0 Å². The highest BCUT2D eigenvalue weighted by molar-refractivity contribution is 5.68. The predicted octanol–water partition coefficient (Wildman–Crippen LogP) is 2.34. The van der Waals surface area contributed by atoms with Crippen molar-refractivity contribution in [1.29, 1.82) is 0 Å². The standard InChI is InChI=1S/C17H31N3O2/c1-17(2,3)22-16(21)19-8-6-14(7-9-19)20(13-4-5-13)15-10-12(18)11-15/h12-15H,4-11,18H2,1-3H3.